The Morgan fingerprint density at radius 1 is 1.31 bits per heavy atom. The summed E-state index contributed by atoms with van der Waals surface area (Å²) in [5.74, 6) is 0.0483. The third-order valence-corrected chi connectivity index (χ3v) is 8.61. The molecular formula is C21H26O5. The molecule has 0 aromatic rings. The number of hydrogen-bond donors (Lipinski definition) is 1. The molecule has 1 N–H and O–H groups in total. The number of epoxide rings is 1. The van der Waals surface area contributed by atoms with Crippen molar-refractivity contribution >= 4 is 11.8 Å². The summed E-state index contributed by atoms with van der Waals surface area (Å²) < 4.78 is 11.4. The van der Waals surface area contributed by atoms with E-state index in [2.05, 4.69) is 6.92 Å². The number of esters is 1. The normalized spacial score (nSPS) is 53.8. The summed E-state index contributed by atoms with van der Waals surface area (Å²) in [5, 5.41) is 11.3. The van der Waals surface area contributed by atoms with Crippen LogP contribution in [0.15, 0.2) is 23.8 Å². The summed E-state index contributed by atoms with van der Waals surface area (Å²) in [4.78, 5) is 24.3. The summed E-state index contributed by atoms with van der Waals surface area (Å²) in [6.07, 6.45) is 9.25. The van der Waals surface area contributed by atoms with Crippen molar-refractivity contribution in [3.8, 4) is 0 Å². The fourth-order valence-corrected chi connectivity index (χ4v) is 7.16. The lowest BCUT2D eigenvalue weighted by molar-refractivity contribution is -0.181. The van der Waals surface area contributed by atoms with E-state index in [0.717, 1.165) is 19.3 Å². The Morgan fingerprint density at radius 3 is 2.81 bits per heavy atom. The van der Waals surface area contributed by atoms with Crippen LogP contribution in [0.2, 0.25) is 0 Å². The second-order valence-electron chi connectivity index (χ2n) is 9.27. The Bertz CT molecular complexity index is 783. The van der Waals surface area contributed by atoms with Crippen molar-refractivity contribution in [3.05, 3.63) is 23.8 Å². The molecule has 1 aliphatic heterocycles. The minimum atomic E-state index is -1.43. The van der Waals surface area contributed by atoms with Crippen molar-refractivity contribution in [2.24, 2.45) is 22.7 Å². The number of aliphatic hydroxyl groups is 1. The number of hydrogen-bond acceptors (Lipinski definition) is 5. The van der Waals surface area contributed by atoms with Crippen LogP contribution < -0.4 is 0 Å². The highest BCUT2D eigenvalue weighted by Crippen LogP contribution is 2.75. The fourth-order valence-electron chi connectivity index (χ4n) is 7.16. The molecule has 3 saturated carbocycles. The lowest BCUT2D eigenvalue weighted by atomic mass is 9.47. The highest BCUT2D eigenvalue weighted by molar-refractivity contribution is 6.01. The Labute approximate surface area is 153 Å². The zero-order valence-electron chi connectivity index (χ0n) is 15.6. The van der Waals surface area contributed by atoms with Gasteiger partial charge in [-0.15, -0.1) is 0 Å². The highest BCUT2D eigenvalue weighted by atomic mass is 16.6. The number of carbonyl (C=O) groups is 2. The van der Waals surface area contributed by atoms with E-state index in [0.29, 0.717) is 12.8 Å². The van der Waals surface area contributed by atoms with E-state index in [1.54, 1.807) is 12.2 Å². The van der Waals surface area contributed by atoms with Crippen LogP contribution in [0.1, 0.15) is 46.0 Å². The molecule has 5 rings (SSSR count). The molecular weight excluding hydrogens is 332 g/mol. The van der Waals surface area contributed by atoms with Gasteiger partial charge in [-0.3, -0.25) is 4.79 Å². The maximum Gasteiger partial charge on any atom is 0.338 e. The van der Waals surface area contributed by atoms with Gasteiger partial charge in [0.05, 0.1) is 13.2 Å². The van der Waals surface area contributed by atoms with Gasteiger partial charge in [0.15, 0.2) is 11.4 Å². The quantitative estimate of drug-likeness (QED) is 0.575. The molecule has 5 heteroatoms. The van der Waals surface area contributed by atoms with Gasteiger partial charge in [-0.05, 0) is 63.0 Å². The molecule has 7 atom stereocenters. The average Bonchev–Trinajstić information content (AvgIpc) is 3.27. The number of allylic oxidation sites excluding steroid dienone is 2. The summed E-state index contributed by atoms with van der Waals surface area (Å²) in [7, 11) is 1.35. The van der Waals surface area contributed by atoms with Crippen molar-refractivity contribution in [3.63, 3.8) is 0 Å². The lowest BCUT2D eigenvalue weighted by Gasteiger charge is -2.55. The van der Waals surface area contributed by atoms with Crippen LogP contribution in [-0.4, -0.2) is 41.3 Å². The van der Waals surface area contributed by atoms with Gasteiger partial charge in [-0.25, -0.2) is 4.79 Å². The van der Waals surface area contributed by atoms with E-state index in [4.69, 9.17) is 9.47 Å². The first-order valence-electron chi connectivity index (χ1n) is 9.66. The van der Waals surface area contributed by atoms with Crippen LogP contribution in [0.25, 0.3) is 0 Å². The molecule has 26 heavy (non-hydrogen) atoms. The Hall–Kier alpha value is -1.46. The number of ketones is 1. The first-order chi connectivity index (χ1) is 12.2. The first-order valence-corrected chi connectivity index (χ1v) is 9.66. The van der Waals surface area contributed by atoms with Gasteiger partial charge < -0.3 is 14.6 Å². The first kappa shape index (κ1) is 16.7. The third-order valence-electron chi connectivity index (χ3n) is 8.61. The molecule has 0 radical (unpaired) electrons. The van der Waals surface area contributed by atoms with Crippen LogP contribution in [-0.2, 0) is 19.1 Å². The molecule has 0 amide bonds. The molecule has 1 spiro atoms. The fraction of sp³-hybridized carbons (Fsp3) is 0.714. The van der Waals surface area contributed by atoms with Gasteiger partial charge in [-0.1, -0.05) is 18.6 Å². The van der Waals surface area contributed by atoms with Crippen molar-refractivity contribution in [1.29, 1.82) is 0 Å². The van der Waals surface area contributed by atoms with Crippen molar-refractivity contribution in [2.75, 3.05) is 7.11 Å². The summed E-state index contributed by atoms with van der Waals surface area (Å²) in [6, 6.07) is 0. The second kappa shape index (κ2) is 4.68. The molecule has 4 aliphatic carbocycles. The van der Waals surface area contributed by atoms with Crippen LogP contribution >= 0.6 is 0 Å². The SMILES string of the molecule is COC(=O)[C@@]1(O)CC[C@H]2[C@@H]3CCC4=CC(=O)C=C[C@]4(C)[C@@]34O[C@H]4C[C@@]21C. The van der Waals surface area contributed by atoms with Crippen molar-refractivity contribution in [1.82, 2.24) is 0 Å². The van der Waals surface area contributed by atoms with Gasteiger partial charge >= 0.3 is 5.97 Å². The highest BCUT2D eigenvalue weighted by Gasteiger charge is 2.81. The van der Waals surface area contributed by atoms with Gasteiger partial charge in [0, 0.05) is 10.8 Å². The zero-order chi connectivity index (χ0) is 18.5. The van der Waals surface area contributed by atoms with E-state index in [1.807, 2.05) is 13.0 Å². The van der Waals surface area contributed by atoms with Crippen molar-refractivity contribution in [2.45, 2.75) is 63.3 Å². The molecule has 0 bridgehead atoms. The molecule has 1 saturated heterocycles. The molecule has 4 fully saturated rings. The van der Waals surface area contributed by atoms with Gasteiger partial charge in [-0.2, -0.15) is 0 Å². The molecule has 140 valence electrons. The Balaban J connectivity index is 1.58. The maximum absolute atomic E-state index is 12.4. The van der Waals surface area contributed by atoms with Gasteiger partial charge in [0.25, 0.3) is 0 Å². The molecule has 0 unspecified atom stereocenters. The van der Waals surface area contributed by atoms with Crippen LogP contribution in [0.3, 0.4) is 0 Å². The van der Waals surface area contributed by atoms with Crippen LogP contribution in [0.4, 0.5) is 0 Å². The predicted molar refractivity (Wildman–Crippen MR) is 93.1 cm³/mol. The Kier molecular flexibility index (Phi) is 3.01. The van der Waals surface area contributed by atoms with E-state index >= 15 is 0 Å². The smallest absolute Gasteiger partial charge is 0.338 e. The molecule has 5 nitrogen and oxygen atoms in total. The summed E-state index contributed by atoms with van der Waals surface area (Å²) >= 11 is 0. The predicted octanol–water partition coefficient (Wildman–Crippen LogP) is 2.33. The minimum Gasteiger partial charge on any atom is -0.467 e. The minimum absolute atomic E-state index is 0.00887. The summed E-state index contributed by atoms with van der Waals surface area (Å²) in [6.45, 7) is 4.24. The molecule has 0 aromatic carbocycles. The topological polar surface area (TPSA) is 76.1 Å². The number of rotatable bonds is 1. The second-order valence-corrected chi connectivity index (χ2v) is 9.27. The number of ether oxygens (including phenoxy) is 2. The van der Waals surface area contributed by atoms with Crippen molar-refractivity contribution < 1.29 is 24.2 Å². The van der Waals surface area contributed by atoms with Crippen LogP contribution in [0.5, 0.6) is 0 Å². The van der Waals surface area contributed by atoms with E-state index in [9.17, 15) is 14.7 Å². The van der Waals surface area contributed by atoms with E-state index < -0.39 is 17.0 Å². The largest absolute Gasteiger partial charge is 0.467 e. The molecule has 0 aromatic heterocycles. The standard InChI is InChI=1S/C21H26O5/c1-18-8-6-13(22)10-12(18)4-5-15-14-7-9-20(24,17(23)25-3)19(14,2)11-16-21(15,18)26-16/h6,8,10,14-16,24H,4-5,7,9,11H2,1-3H3/t14-,15-,16-,18-,19-,20-,21+/m0/s1. The number of methoxy groups -OCH3 is 1. The van der Waals surface area contributed by atoms with Gasteiger partial charge in [0.2, 0.25) is 0 Å². The van der Waals surface area contributed by atoms with E-state index in [-0.39, 0.29) is 34.7 Å². The number of carbonyl (C=O) groups excluding carboxylic acids is 2. The van der Waals surface area contributed by atoms with Gasteiger partial charge in [0.1, 0.15) is 5.60 Å². The maximum atomic E-state index is 12.4. The Morgan fingerprint density at radius 2 is 2.08 bits per heavy atom. The molecule has 1 heterocycles. The zero-order valence-corrected chi connectivity index (χ0v) is 15.6. The average molecular weight is 358 g/mol. The van der Waals surface area contributed by atoms with Crippen LogP contribution in [0, 0.1) is 22.7 Å². The number of fused-ring (bicyclic) bond motifs is 3. The van der Waals surface area contributed by atoms with E-state index in [1.165, 1.54) is 12.7 Å². The molecule has 5 aliphatic rings. The third kappa shape index (κ3) is 1.57. The lowest BCUT2D eigenvalue weighted by Crippen LogP contribution is -2.61. The summed E-state index contributed by atoms with van der Waals surface area (Å²) in [5.41, 5.74) is -1.34. The monoisotopic (exact) mass is 358 g/mol.